The van der Waals surface area contributed by atoms with Crippen LogP contribution in [-0.2, 0) is 107 Å². The maximum atomic E-state index is 15.7. The molecule has 2 aliphatic rings. The Balaban J connectivity index is 1.02. The highest BCUT2D eigenvalue weighted by atomic mass is 32.2. The van der Waals surface area contributed by atoms with Crippen molar-refractivity contribution in [1.82, 2.24) is 103 Å². The molecule has 27 N–H and O–H groups in total. The molecule has 3 aromatic carbocycles. The van der Waals surface area contributed by atoms with Crippen LogP contribution < -0.4 is 86.7 Å². The van der Waals surface area contributed by atoms with E-state index in [2.05, 4.69) is 83.7 Å². The van der Waals surface area contributed by atoms with Crippen LogP contribution in [0.15, 0.2) is 109 Å². The zero-order valence-electron chi connectivity index (χ0n) is 76.2. The molecule has 45 nitrogen and oxygen atoms in total. The van der Waals surface area contributed by atoms with Gasteiger partial charge in [-0.15, -0.1) is 11.8 Å². The number of likely N-dealkylation sites (N-methyl/N-ethyl adjacent to an activating group) is 3. The van der Waals surface area contributed by atoms with Crippen LogP contribution in [-0.4, -0.2) is 312 Å². The highest BCUT2D eigenvalue weighted by Crippen LogP contribution is 2.27. The summed E-state index contributed by atoms with van der Waals surface area (Å²) in [6.07, 6.45) is 5.62. The van der Waals surface area contributed by atoms with Crippen molar-refractivity contribution in [2.24, 2.45) is 22.9 Å². The Hall–Kier alpha value is -14.0. The van der Waals surface area contributed by atoms with Gasteiger partial charge in [-0.2, -0.15) is 0 Å². The van der Waals surface area contributed by atoms with Gasteiger partial charge in [-0.3, -0.25) is 86.9 Å². The zero-order valence-corrected chi connectivity index (χ0v) is 77.1. The number of H-pyrrole nitrogens is 3. The molecule has 2 saturated heterocycles. The third-order valence-corrected chi connectivity index (χ3v) is 24.1. The molecule has 0 spiro atoms. The number of carbonyl (C=O) groups is 17. The number of benzene rings is 3. The summed E-state index contributed by atoms with van der Waals surface area (Å²) >= 11 is 0.851. The number of nitrogens with one attached hydrogen (secondary N) is 16. The molecule has 17 amide bonds. The number of amides is 17. The number of hydrogen-bond donors (Lipinski definition) is 23. The van der Waals surface area contributed by atoms with Gasteiger partial charge in [0.05, 0.1) is 37.8 Å². The number of carbonyl (C=O) groups excluding carboxylic acids is 17. The van der Waals surface area contributed by atoms with Gasteiger partial charge in [0.2, 0.25) is 94.5 Å². The van der Waals surface area contributed by atoms with E-state index in [0.29, 0.717) is 76.3 Å². The van der Waals surface area contributed by atoms with Gasteiger partial charge in [-0.25, -0.2) is 4.98 Å². The van der Waals surface area contributed by atoms with Crippen molar-refractivity contribution in [2.75, 3.05) is 72.0 Å². The molecule has 732 valence electrons. The molecule has 2 fully saturated rings. The number of para-hydroxylation sites is 2. The van der Waals surface area contributed by atoms with E-state index >= 15 is 33.6 Å². The van der Waals surface area contributed by atoms with E-state index < -0.39 is 223 Å². The minimum absolute atomic E-state index is 0.0181. The van der Waals surface area contributed by atoms with Crippen molar-refractivity contribution in [3.63, 3.8) is 0 Å². The third-order valence-electron chi connectivity index (χ3n) is 23.0. The lowest BCUT2D eigenvalue weighted by Crippen LogP contribution is -2.61. The summed E-state index contributed by atoms with van der Waals surface area (Å²) in [6, 6.07) is 2.17. The quantitative estimate of drug-likeness (QED) is 0.00745. The highest BCUT2D eigenvalue weighted by molar-refractivity contribution is 8.00. The number of thioether (sulfide) groups is 1. The Morgan fingerprint density at radius 3 is 1.76 bits per heavy atom. The van der Waals surface area contributed by atoms with Crippen molar-refractivity contribution in [3.05, 3.63) is 132 Å². The van der Waals surface area contributed by atoms with Crippen LogP contribution in [0.25, 0.3) is 21.8 Å². The first-order chi connectivity index (χ1) is 64.5. The number of likely N-dealkylation sites (tertiary alicyclic amines) is 2. The smallest absolute Gasteiger partial charge is 0.268 e. The molecule has 13 unspecified atom stereocenters. The average molecular weight is 1900 g/mol. The van der Waals surface area contributed by atoms with Gasteiger partial charge in [0.15, 0.2) is 5.96 Å². The Bertz CT molecular complexity index is 5200. The molecule has 5 heterocycles. The number of imidazole rings is 1. The monoisotopic (exact) mass is 1900 g/mol. The van der Waals surface area contributed by atoms with E-state index in [1.807, 2.05) is 13.8 Å². The summed E-state index contributed by atoms with van der Waals surface area (Å²) in [5.74, 6) is -15.9. The summed E-state index contributed by atoms with van der Waals surface area (Å²) in [4.78, 5) is 259. The van der Waals surface area contributed by atoms with Gasteiger partial charge in [-0.1, -0.05) is 101 Å². The second-order valence-electron chi connectivity index (χ2n) is 33.0. The molecule has 135 heavy (non-hydrogen) atoms. The summed E-state index contributed by atoms with van der Waals surface area (Å²) in [5, 5.41) is 72.4. The van der Waals surface area contributed by atoms with Crippen LogP contribution >= 0.6 is 11.8 Å². The van der Waals surface area contributed by atoms with E-state index in [-0.39, 0.29) is 101 Å². The normalized spacial score (nSPS) is 16.4. The number of β-amino-alcohol motifs (C(OH)–C–C–N with tert-alkyl or cyclic N) is 1. The van der Waals surface area contributed by atoms with Crippen molar-refractivity contribution < 1.29 is 96.8 Å². The van der Waals surface area contributed by atoms with Crippen LogP contribution in [0.5, 0.6) is 5.75 Å². The predicted octanol–water partition coefficient (Wildman–Crippen LogP) is -4.21. The minimum Gasteiger partial charge on any atom is -0.508 e. The Kier molecular flexibility index (Phi) is 41.3. The number of nitrogens with two attached hydrogens (primary N) is 4. The van der Waals surface area contributed by atoms with Gasteiger partial charge >= 0.3 is 0 Å². The maximum Gasteiger partial charge on any atom is 0.268 e. The number of phenols is 1. The lowest BCUT2D eigenvalue weighted by atomic mass is 10.00. The first kappa shape index (κ1) is 106. The van der Waals surface area contributed by atoms with E-state index in [1.165, 1.54) is 63.7 Å². The molecule has 0 aliphatic carbocycles. The first-order valence-electron chi connectivity index (χ1n) is 44.6. The van der Waals surface area contributed by atoms with Crippen molar-refractivity contribution in [3.8, 4) is 5.75 Å². The van der Waals surface area contributed by atoms with Crippen LogP contribution in [0.3, 0.4) is 0 Å². The Morgan fingerprint density at radius 1 is 0.600 bits per heavy atom. The number of fused-ring (bicyclic) bond motifs is 2. The summed E-state index contributed by atoms with van der Waals surface area (Å²) < 4.78 is 0. The topological polar surface area (TPSA) is 696 Å². The zero-order chi connectivity index (χ0) is 98.7. The number of aliphatic hydroxyl groups excluding tert-OH is 2. The Labute approximate surface area is 782 Å². The molecular weight excluding hydrogens is 1770 g/mol. The molecule has 0 saturated carbocycles. The molecule has 2 aliphatic heterocycles. The standard InChI is InChI=1S/C89H125N25O20S/c1-7-10-23-68(82(128)104-59(22-16-32-97-89(93)94)78(124)110-67(77(123)100-43-73(92)119)46-135-47-75(121)102-61(76(122)95-4)34-49-26-28-53(116)29-27-49)111(5)88(134)70(24-11-8-2)112(6)85(131)64(36-51-41-99-58-21-15-13-19-56(51)58)108-81(127)66(45-115)109-79(125)62(35-50-40-98-57-20-14-12-18-55(50)57)106-84(130)71-38-54(117)44-114(71)86(132)60(30-31-90)105-80(126)63(37-52-42-96-48-101-52)107-83(129)69-25-17-33-113(69)87(133)65(39-72(91)118)103-74(120)9-3/h12-15,18-22,26-29,40-42,48,54,60-71,98-99,115-117H,7-11,16-17,23-25,30-39,43-47,90H2,1-6H3,(H2,91,118)(H2,92,119)(H,95,122)(H,96,101)(H,100,123)(H,102,121)(H,103,120)(H,104,128)(H,105,126)(H,106,130)(H,107,129)(H,108,127)(H,109,125)(H,110,124)(H4,93,94,97). The molecule has 8 rings (SSSR count). The number of primary amides is 2. The third kappa shape index (κ3) is 31.0. The van der Waals surface area contributed by atoms with Crippen molar-refractivity contribution in [1.29, 1.82) is 5.41 Å². The van der Waals surface area contributed by atoms with Gasteiger partial charge in [0.1, 0.15) is 83.9 Å². The summed E-state index contributed by atoms with van der Waals surface area (Å²) in [5.41, 5.74) is 25.2. The van der Waals surface area contributed by atoms with Gasteiger partial charge in [-0.05, 0) is 86.0 Å². The SMILES string of the molecule is CCCCC(C(=O)N(C)C(CCCC)C(=O)NC(=CCCNC(=N)N)C(=O)NC(CSCC(=O)NC(Cc1ccc(O)cc1)C(=O)NC)C(=O)NCC(N)=O)N(C)C(=O)C(Cc1c[nH]c2ccccc12)NC(=O)C(CO)NC(=O)C(Cc1c[nH]c2ccccc12)NC(=O)C1CC(O)CN1C(=O)C(CCN)NC(=O)C(Cc1cnc[nH]1)NC(=O)C1CCCN1C(=O)C(CC(N)=O)NC(=O)CC. The highest BCUT2D eigenvalue weighted by Gasteiger charge is 2.46. The molecule has 13 atom stereocenters. The molecule has 6 aromatic rings. The van der Waals surface area contributed by atoms with Crippen LogP contribution in [0.1, 0.15) is 127 Å². The van der Waals surface area contributed by atoms with Crippen LogP contribution in [0.4, 0.5) is 0 Å². The van der Waals surface area contributed by atoms with E-state index in [0.717, 1.165) is 26.5 Å². The van der Waals surface area contributed by atoms with Crippen LogP contribution in [0.2, 0.25) is 0 Å². The largest absolute Gasteiger partial charge is 0.508 e. The number of aromatic hydroxyl groups is 1. The Morgan fingerprint density at radius 2 is 1.17 bits per heavy atom. The molecule has 0 radical (unpaired) electrons. The van der Waals surface area contributed by atoms with Gasteiger partial charge < -0.3 is 137 Å². The maximum absolute atomic E-state index is 15.7. The number of nitrogens with zero attached hydrogens (tertiary/aromatic N) is 5. The minimum atomic E-state index is -1.91. The number of aromatic nitrogens is 4. The fraction of sp³-hybridized carbons (Fsp3) is 0.494. The number of hydrogen-bond acceptors (Lipinski definition) is 24. The molecular formula is C89H125N25O20S. The van der Waals surface area contributed by atoms with E-state index in [9.17, 15) is 63.3 Å². The fourth-order valence-electron chi connectivity index (χ4n) is 15.8. The van der Waals surface area contributed by atoms with Crippen LogP contribution in [0, 0.1) is 5.41 Å². The number of rotatable bonds is 53. The van der Waals surface area contributed by atoms with Gasteiger partial charge in [0.25, 0.3) is 5.91 Å². The molecule has 3 aromatic heterocycles. The molecule has 0 bridgehead atoms. The van der Waals surface area contributed by atoms with E-state index in [1.54, 1.807) is 73.1 Å². The second-order valence-corrected chi connectivity index (χ2v) is 34.0. The average Bonchev–Trinajstić information content (AvgIpc) is 1.50. The summed E-state index contributed by atoms with van der Waals surface area (Å²) in [7, 11) is 4.04. The number of unbranched alkanes of at least 4 members (excludes halogenated alkanes) is 2. The number of aromatic amines is 3. The van der Waals surface area contributed by atoms with Gasteiger partial charge in [0, 0.05) is 131 Å². The lowest BCUT2D eigenvalue weighted by Gasteiger charge is -2.36. The summed E-state index contributed by atoms with van der Waals surface area (Å²) in [6.45, 7) is 2.68. The number of guanidine groups is 1. The second kappa shape index (κ2) is 52.4. The predicted molar refractivity (Wildman–Crippen MR) is 496 cm³/mol. The van der Waals surface area contributed by atoms with Crippen molar-refractivity contribution >= 4 is 140 Å². The molecule has 46 heteroatoms. The number of phenolic OH excluding ortho intramolecular Hbond substituents is 1. The van der Waals surface area contributed by atoms with E-state index in [4.69, 9.17) is 28.3 Å². The lowest BCUT2D eigenvalue weighted by molar-refractivity contribution is -0.149. The fourth-order valence-corrected chi connectivity index (χ4v) is 16.7. The first-order valence-corrected chi connectivity index (χ1v) is 45.8. The van der Waals surface area contributed by atoms with Crippen molar-refractivity contribution in [2.45, 2.75) is 209 Å². The number of aliphatic hydroxyl groups is 2.